The summed E-state index contributed by atoms with van der Waals surface area (Å²) in [5.74, 6) is 0.525. The molecule has 1 amide bonds. The number of carbonyl (C=O) groups is 1. The first kappa shape index (κ1) is 9.01. The number of rotatable bonds is 1. The Kier molecular flexibility index (Phi) is 2.12. The number of aryl methyl sites for hydroxylation is 1. The van der Waals surface area contributed by atoms with Gasteiger partial charge in [0.25, 0.3) is 0 Å². The summed E-state index contributed by atoms with van der Waals surface area (Å²) in [6.07, 6.45) is 0.969. The highest BCUT2D eigenvalue weighted by Crippen LogP contribution is 2.29. The Balaban J connectivity index is 2.21. The summed E-state index contributed by atoms with van der Waals surface area (Å²) in [4.78, 5) is 19.8. The monoisotopic (exact) mass is 198 g/mol. The molecule has 0 aromatic carbocycles. The lowest BCUT2D eigenvalue weighted by Gasteiger charge is -2.16. The van der Waals surface area contributed by atoms with Crippen LogP contribution in [0.1, 0.15) is 24.0 Å². The maximum absolute atomic E-state index is 10.7. The van der Waals surface area contributed by atoms with E-state index in [0.717, 1.165) is 5.06 Å². The van der Waals surface area contributed by atoms with Crippen LogP contribution in [0.2, 0.25) is 0 Å². The molecule has 0 aliphatic carbocycles. The predicted molar refractivity (Wildman–Crippen MR) is 44.4 cm³/mol. The van der Waals surface area contributed by atoms with Crippen molar-refractivity contribution in [1.82, 2.24) is 10.0 Å². The lowest BCUT2D eigenvalue weighted by Crippen LogP contribution is -2.27. The lowest BCUT2D eigenvalue weighted by molar-refractivity contribution is -0.104. The Bertz CT molecular complexity index is 349. The van der Waals surface area contributed by atoms with E-state index in [2.05, 4.69) is 4.98 Å². The minimum absolute atomic E-state index is 0.343. The van der Waals surface area contributed by atoms with Gasteiger partial charge in [-0.15, -0.1) is 0 Å². The molecule has 14 heavy (non-hydrogen) atoms. The van der Waals surface area contributed by atoms with E-state index in [1.165, 1.54) is 6.26 Å². The van der Waals surface area contributed by atoms with E-state index in [1.807, 2.05) is 0 Å². The summed E-state index contributed by atoms with van der Waals surface area (Å²) in [7, 11) is 0. The van der Waals surface area contributed by atoms with Crippen LogP contribution in [0.25, 0.3) is 0 Å². The maximum atomic E-state index is 10.7. The topological polar surface area (TPSA) is 75.8 Å². The minimum Gasteiger partial charge on any atom is -0.463 e. The quantitative estimate of drug-likeness (QED) is 0.736. The zero-order chi connectivity index (χ0) is 10.1. The molecule has 6 nitrogen and oxygen atoms in total. The third-order valence-electron chi connectivity index (χ3n) is 2.07. The number of aromatic nitrogens is 1. The Labute approximate surface area is 80.0 Å². The number of hydroxylamine groups is 2. The fourth-order valence-electron chi connectivity index (χ4n) is 1.46. The largest absolute Gasteiger partial charge is 0.463 e. The van der Waals surface area contributed by atoms with Crippen molar-refractivity contribution in [2.24, 2.45) is 0 Å². The zero-order valence-corrected chi connectivity index (χ0v) is 7.64. The van der Waals surface area contributed by atoms with Gasteiger partial charge in [-0.2, -0.15) is 5.06 Å². The van der Waals surface area contributed by atoms with Gasteiger partial charge in [0, 0.05) is 13.3 Å². The SMILES string of the molecule is Cc1nc([C@@H]2CCON2C(=O)O)co1. The van der Waals surface area contributed by atoms with Crippen molar-refractivity contribution in [2.75, 3.05) is 6.61 Å². The summed E-state index contributed by atoms with van der Waals surface area (Å²) < 4.78 is 5.02. The van der Waals surface area contributed by atoms with Gasteiger partial charge in [0.05, 0.1) is 6.61 Å². The molecule has 1 N–H and O–H groups in total. The van der Waals surface area contributed by atoms with Gasteiger partial charge < -0.3 is 9.52 Å². The molecule has 0 unspecified atom stereocenters. The molecule has 1 atom stereocenters. The molecule has 2 rings (SSSR count). The van der Waals surface area contributed by atoms with Crippen molar-refractivity contribution >= 4 is 6.09 Å². The second-order valence-corrected chi connectivity index (χ2v) is 3.04. The number of nitrogens with zero attached hydrogens (tertiary/aromatic N) is 2. The first-order valence-electron chi connectivity index (χ1n) is 4.25. The van der Waals surface area contributed by atoms with Crippen LogP contribution in [0.5, 0.6) is 0 Å². The molecular weight excluding hydrogens is 188 g/mol. The average Bonchev–Trinajstić information content (AvgIpc) is 2.70. The highest BCUT2D eigenvalue weighted by atomic mass is 16.7. The molecule has 1 aromatic rings. The summed E-state index contributed by atoms with van der Waals surface area (Å²) in [5.41, 5.74) is 0.599. The Morgan fingerprint density at radius 1 is 1.79 bits per heavy atom. The van der Waals surface area contributed by atoms with Crippen molar-refractivity contribution in [1.29, 1.82) is 0 Å². The van der Waals surface area contributed by atoms with Crippen molar-refractivity contribution in [3.8, 4) is 0 Å². The number of hydrogen-bond acceptors (Lipinski definition) is 4. The standard InChI is InChI=1S/C8H10N2O4/c1-5-9-6(4-13-5)7-2-3-14-10(7)8(11)12/h4,7H,2-3H2,1H3,(H,11,12)/t7-/m0/s1. The molecule has 1 aromatic heterocycles. The minimum atomic E-state index is -1.10. The predicted octanol–water partition coefficient (Wildman–Crippen LogP) is 1.34. The van der Waals surface area contributed by atoms with Crippen LogP contribution in [0.4, 0.5) is 4.79 Å². The molecule has 0 bridgehead atoms. The molecule has 1 aliphatic rings. The van der Waals surface area contributed by atoms with Crippen molar-refractivity contribution in [3.05, 3.63) is 17.8 Å². The van der Waals surface area contributed by atoms with E-state index >= 15 is 0 Å². The third kappa shape index (κ3) is 1.44. The Hall–Kier alpha value is -1.56. The zero-order valence-electron chi connectivity index (χ0n) is 7.64. The van der Waals surface area contributed by atoms with E-state index < -0.39 is 6.09 Å². The highest BCUT2D eigenvalue weighted by Gasteiger charge is 2.33. The van der Waals surface area contributed by atoms with Gasteiger partial charge in [-0.05, 0) is 0 Å². The molecule has 0 saturated carbocycles. The summed E-state index contributed by atoms with van der Waals surface area (Å²) in [5, 5.41) is 9.71. The molecule has 76 valence electrons. The van der Waals surface area contributed by atoms with E-state index in [1.54, 1.807) is 6.92 Å². The number of oxazole rings is 1. The van der Waals surface area contributed by atoms with Crippen molar-refractivity contribution in [2.45, 2.75) is 19.4 Å². The van der Waals surface area contributed by atoms with Gasteiger partial charge >= 0.3 is 6.09 Å². The van der Waals surface area contributed by atoms with E-state index in [4.69, 9.17) is 14.4 Å². The first-order valence-corrected chi connectivity index (χ1v) is 4.25. The normalized spacial score (nSPS) is 21.5. The Morgan fingerprint density at radius 3 is 3.14 bits per heavy atom. The fourth-order valence-corrected chi connectivity index (χ4v) is 1.46. The number of carboxylic acid groups (broad SMARTS) is 1. The fraction of sp³-hybridized carbons (Fsp3) is 0.500. The molecule has 2 heterocycles. The van der Waals surface area contributed by atoms with Crippen LogP contribution in [0.3, 0.4) is 0 Å². The van der Waals surface area contributed by atoms with Crippen molar-refractivity contribution in [3.63, 3.8) is 0 Å². The smallest absolute Gasteiger partial charge is 0.432 e. The lowest BCUT2D eigenvalue weighted by atomic mass is 10.2. The van der Waals surface area contributed by atoms with E-state index in [9.17, 15) is 4.79 Å². The number of amides is 1. The molecule has 1 aliphatic heterocycles. The molecule has 6 heteroatoms. The summed E-state index contributed by atoms with van der Waals surface area (Å²) in [6.45, 7) is 2.10. The maximum Gasteiger partial charge on any atom is 0.432 e. The molecule has 1 saturated heterocycles. The van der Waals surface area contributed by atoms with Crippen molar-refractivity contribution < 1.29 is 19.2 Å². The van der Waals surface area contributed by atoms with Crippen LogP contribution in [0, 0.1) is 6.92 Å². The van der Waals surface area contributed by atoms with Crippen LogP contribution in [0.15, 0.2) is 10.7 Å². The average molecular weight is 198 g/mol. The molecule has 0 radical (unpaired) electrons. The van der Waals surface area contributed by atoms with Crippen LogP contribution in [-0.2, 0) is 4.84 Å². The van der Waals surface area contributed by atoms with Crippen LogP contribution in [-0.4, -0.2) is 27.9 Å². The van der Waals surface area contributed by atoms with Gasteiger partial charge in [-0.25, -0.2) is 9.78 Å². The first-order chi connectivity index (χ1) is 6.68. The Morgan fingerprint density at radius 2 is 2.57 bits per heavy atom. The number of hydrogen-bond donors (Lipinski definition) is 1. The molecule has 0 spiro atoms. The van der Waals surface area contributed by atoms with Gasteiger partial charge in [-0.3, -0.25) is 4.84 Å². The second kappa shape index (κ2) is 3.30. The second-order valence-electron chi connectivity index (χ2n) is 3.04. The third-order valence-corrected chi connectivity index (χ3v) is 2.07. The van der Waals surface area contributed by atoms with Gasteiger partial charge in [0.15, 0.2) is 5.89 Å². The van der Waals surface area contributed by atoms with Crippen LogP contribution < -0.4 is 0 Å². The van der Waals surface area contributed by atoms with E-state index in [0.29, 0.717) is 24.6 Å². The summed E-state index contributed by atoms with van der Waals surface area (Å²) in [6, 6.07) is -0.343. The van der Waals surface area contributed by atoms with Gasteiger partial charge in [0.2, 0.25) is 0 Å². The van der Waals surface area contributed by atoms with Gasteiger partial charge in [0.1, 0.15) is 18.0 Å². The van der Waals surface area contributed by atoms with E-state index in [-0.39, 0.29) is 6.04 Å². The molecule has 1 fully saturated rings. The van der Waals surface area contributed by atoms with Gasteiger partial charge in [-0.1, -0.05) is 0 Å². The highest BCUT2D eigenvalue weighted by molar-refractivity contribution is 5.64. The summed E-state index contributed by atoms with van der Waals surface area (Å²) >= 11 is 0. The van der Waals surface area contributed by atoms with Crippen LogP contribution >= 0.6 is 0 Å². The molecular formula is C8H10N2O4.